The molecule has 0 spiro atoms. The lowest BCUT2D eigenvalue weighted by molar-refractivity contribution is -0.136. The molecule has 0 amide bonds. The van der Waals surface area contributed by atoms with Gasteiger partial charge in [-0.3, -0.25) is 4.79 Å². The van der Waals surface area contributed by atoms with E-state index in [9.17, 15) is 4.79 Å². The van der Waals surface area contributed by atoms with E-state index in [1.54, 1.807) is 0 Å². The molecule has 0 radical (unpaired) electrons. The zero-order chi connectivity index (χ0) is 11.5. The van der Waals surface area contributed by atoms with Gasteiger partial charge < -0.3 is 15.0 Å². The molecule has 2 rings (SSSR count). The highest BCUT2D eigenvalue weighted by atomic mass is 16.4. The van der Waals surface area contributed by atoms with E-state index in [0.29, 0.717) is 6.42 Å². The number of carboxylic acids is 1. The van der Waals surface area contributed by atoms with Crippen molar-refractivity contribution in [1.82, 2.24) is 9.55 Å². The maximum atomic E-state index is 10.6. The average Bonchev–Trinajstić information content (AvgIpc) is 2.64. The lowest BCUT2D eigenvalue weighted by atomic mass is 10.1. The molecule has 88 valence electrons. The molecular formula is C11H17N3O2. The molecule has 0 aromatic carbocycles. The van der Waals surface area contributed by atoms with Gasteiger partial charge in [-0.1, -0.05) is 6.92 Å². The fraction of sp³-hybridized carbons (Fsp3) is 0.636. The molecule has 0 saturated heterocycles. The number of aryl methyl sites for hydroxylation is 1. The van der Waals surface area contributed by atoms with Crippen LogP contribution < -0.4 is 5.32 Å². The van der Waals surface area contributed by atoms with E-state index in [2.05, 4.69) is 21.8 Å². The van der Waals surface area contributed by atoms with E-state index < -0.39 is 5.97 Å². The monoisotopic (exact) mass is 223 g/mol. The van der Waals surface area contributed by atoms with Crippen molar-refractivity contribution in [3.05, 3.63) is 11.4 Å². The fourth-order valence-electron chi connectivity index (χ4n) is 2.14. The van der Waals surface area contributed by atoms with E-state index in [1.807, 2.05) is 0 Å². The maximum absolute atomic E-state index is 10.6. The molecule has 2 heterocycles. The van der Waals surface area contributed by atoms with Gasteiger partial charge in [0.2, 0.25) is 5.95 Å². The minimum Gasteiger partial charge on any atom is -0.481 e. The number of nitrogens with one attached hydrogen (secondary N) is 1. The maximum Gasteiger partial charge on any atom is 0.303 e. The molecule has 0 unspecified atom stereocenters. The number of anilines is 1. The van der Waals surface area contributed by atoms with E-state index >= 15 is 0 Å². The number of imidazole rings is 1. The highest BCUT2D eigenvalue weighted by molar-refractivity contribution is 5.67. The average molecular weight is 223 g/mol. The molecule has 5 nitrogen and oxygen atoms in total. The zero-order valence-electron chi connectivity index (χ0n) is 9.49. The summed E-state index contributed by atoms with van der Waals surface area (Å²) in [5.74, 6) is 0.157. The third kappa shape index (κ3) is 2.03. The summed E-state index contributed by atoms with van der Waals surface area (Å²) in [4.78, 5) is 15.1. The van der Waals surface area contributed by atoms with Gasteiger partial charge in [0.25, 0.3) is 0 Å². The molecule has 1 aliphatic rings. The van der Waals surface area contributed by atoms with Gasteiger partial charge in [0.15, 0.2) is 0 Å². The smallest absolute Gasteiger partial charge is 0.303 e. The Labute approximate surface area is 94.5 Å². The number of carboxylic acid groups (broad SMARTS) is 1. The van der Waals surface area contributed by atoms with Gasteiger partial charge in [-0.05, 0) is 12.8 Å². The highest BCUT2D eigenvalue weighted by Gasteiger charge is 2.18. The minimum absolute atomic E-state index is 0.179. The van der Waals surface area contributed by atoms with Crippen molar-refractivity contribution in [1.29, 1.82) is 0 Å². The number of fused-ring (bicyclic) bond motifs is 1. The van der Waals surface area contributed by atoms with Crippen LogP contribution in [0.1, 0.15) is 31.2 Å². The molecular weight excluding hydrogens is 206 g/mol. The molecule has 1 aliphatic heterocycles. The summed E-state index contributed by atoms with van der Waals surface area (Å²) in [6.07, 6.45) is 2.69. The van der Waals surface area contributed by atoms with Crippen molar-refractivity contribution in [2.75, 3.05) is 11.9 Å². The Morgan fingerprint density at radius 3 is 3.12 bits per heavy atom. The summed E-state index contributed by atoms with van der Waals surface area (Å²) in [5, 5.41) is 12.0. The molecule has 0 saturated carbocycles. The van der Waals surface area contributed by atoms with E-state index in [0.717, 1.165) is 43.3 Å². The first-order chi connectivity index (χ1) is 7.72. The summed E-state index contributed by atoms with van der Waals surface area (Å²) in [7, 11) is 0. The van der Waals surface area contributed by atoms with E-state index in [1.165, 1.54) is 0 Å². The van der Waals surface area contributed by atoms with Crippen molar-refractivity contribution in [3.63, 3.8) is 0 Å². The molecule has 0 fully saturated rings. The lowest BCUT2D eigenvalue weighted by Crippen LogP contribution is -2.19. The molecule has 0 atom stereocenters. The van der Waals surface area contributed by atoms with Crippen molar-refractivity contribution in [2.24, 2.45) is 0 Å². The minimum atomic E-state index is -0.749. The second-order valence-electron chi connectivity index (χ2n) is 4.01. The Kier molecular flexibility index (Phi) is 3.12. The Morgan fingerprint density at radius 1 is 1.62 bits per heavy atom. The van der Waals surface area contributed by atoms with Crippen molar-refractivity contribution in [3.8, 4) is 0 Å². The third-order valence-electron chi connectivity index (χ3n) is 2.91. The van der Waals surface area contributed by atoms with Crippen LogP contribution in [-0.2, 0) is 24.2 Å². The summed E-state index contributed by atoms with van der Waals surface area (Å²) < 4.78 is 2.13. The number of carbonyl (C=O) groups is 1. The SMILES string of the molecule is CCc1nc2n(c1CCC(=O)O)CCCN2. The standard InChI is InChI=1S/C11H17N3O2/c1-2-8-9(4-5-10(15)16)14-7-3-6-12-11(14)13-8/h2-7H2,1H3,(H,12,13)(H,15,16). The van der Waals surface area contributed by atoms with E-state index in [-0.39, 0.29) is 6.42 Å². The van der Waals surface area contributed by atoms with Crippen LogP contribution in [0.25, 0.3) is 0 Å². The first-order valence-corrected chi connectivity index (χ1v) is 5.76. The number of hydrogen-bond acceptors (Lipinski definition) is 3. The van der Waals surface area contributed by atoms with Crippen LogP contribution in [0.15, 0.2) is 0 Å². The van der Waals surface area contributed by atoms with Gasteiger partial charge >= 0.3 is 5.97 Å². The van der Waals surface area contributed by atoms with E-state index in [4.69, 9.17) is 5.11 Å². The van der Waals surface area contributed by atoms with Crippen LogP contribution in [0, 0.1) is 0 Å². The Hall–Kier alpha value is -1.52. The van der Waals surface area contributed by atoms with Gasteiger partial charge in [0, 0.05) is 25.2 Å². The Balaban J connectivity index is 2.25. The third-order valence-corrected chi connectivity index (χ3v) is 2.91. The molecule has 5 heteroatoms. The van der Waals surface area contributed by atoms with Crippen LogP contribution in [0.3, 0.4) is 0 Å². The Morgan fingerprint density at radius 2 is 2.44 bits per heavy atom. The number of aliphatic carboxylic acids is 1. The lowest BCUT2D eigenvalue weighted by Gasteiger charge is -2.17. The quantitative estimate of drug-likeness (QED) is 0.806. The van der Waals surface area contributed by atoms with Gasteiger partial charge in [-0.25, -0.2) is 4.98 Å². The summed E-state index contributed by atoms with van der Waals surface area (Å²) in [6.45, 7) is 3.96. The van der Waals surface area contributed by atoms with Gasteiger partial charge in [0.05, 0.1) is 12.1 Å². The largest absolute Gasteiger partial charge is 0.481 e. The first-order valence-electron chi connectivity index (χ1n) is 5.76. The van der Waals surface area contributed by atoms with Crippen LogP contribution in [0.4, 0.5) is 5.95 Å². The Bertz CT molecular complexity index is 398. The highest BCUT2D eigenvalue weighted by Crippen LogP contribution is 2.21. The number of aromatic nitrogens is 2. The molecule has 1 aromatic rings. The van der Waals surface area contributed by atoms with Gasteiger partial charge in [0.1, 0.15) is 0 Å². The van der Waals surface area contributed by atoms with Crippen LogP contribution in [-0.4, -0.2) is 27.2 Å². The summed E-state index contributed by atoms with van der Waals surface area (Å²) >= 11 is 0. The second kappa shape index (κ2) is 4.55. The van der Waals surface area contributed by atoms with Crippen molar-refractivity contribution < 1.29 is 9.90 Å². The zero-order valence-corrected chi connectivity index (χ0v) is 9.49. The normalized spacial score (nSPS) is 14.3. The topological polar surface area (TPSA) is 67.2 Å². The second-order valence-corrected chi connectivity index (χ2v) is 4.01. The summed E-state index contributed by atoms with van der Waals surface area (Å²) in [6, 6.07) is 0. The molecule has 0 bridgehead atoms. The van der Waals surface area contributed by atoms with Gasteiger partial charge in [-0.15, -0.1) is 0 Å². The van der Waals surface area contributed by atoms with Crippen LogP contribution >= 0.6 is 0 Å². The van der Waals surface area contributed by atoms with Crippen molar-refractivity contribution in [2.45, 2.75) is 39.2 Å². The fourth-order valence-corrected chi connectivity index (χ4v) is 2.14. The molecule has 1 aromatic heterocycles. The summed E-state index contributed by atoms with van der Waals surface area (Å²) in [5.41, 5.74) is 2.12. The predicted molar refractivity (Wildman–Crippen MR) is 60.7 cm³/mol. The van der Waals surface area contributed by atoms with Crippen LogP contribution in [0.5, 0.6) is 0 Å². The number of nitrogens with zero attached hydrogens (tertiary/aromatic N) is 2. The molecule has 16 heavy (non-hydrogen) atoms. The van der Waals surface area contributed by atoms with Gasteiger partial charge in [-0.2, -0.15) is 0 Å². The molecule has 2 N–H and O–H groups in total. The first kappa shape index (κ1) is 11.0. The molecule has 0 aliphatic carbocycles. The number of hydrogen-bond donors (Lipinski definition) is 2. The number of rotatable bonds is 4. The van der Waals surface area contributed by atoms with Crippen molar-refractivity contribution >= 4 is 11.9 Å². The predicted octanol–water partition coefficient (Wildman–Crippen LogP) is 1.28. The van der Waals surface area contributed by atoms with Crippen LogP contribution in [0.2, 0.25) is 0 Å².